The summed E-state index contributed by atoms with van der Waals surface area (Å²) in [5.41, 5.74) is 4.09. The standard InChI is InChI=1S/C14H22ClN5O2S2/c1-3-4-6-16-14(23)18-17-8-12-10(2)19-20(13(12)15)11-5-7-24(21,22)9-11/h8,11H,3-7,9H2,1-2H3,(H2,16,18,23)/b17-8-/t11-/m1/s1. The summed E-state index contributed by atoms with van der Waals surface area (Å²) in [4.78, 5) is 0. The molecule has 0 amide bonds. The number of thiocarbonyl (C=S) groups is 1. The molecule has 134 valence electrons. The lowest BCUT2D eigenvalue weighted by Crippen LogP contribution is -2.32. The lowest BCUT2D eigenvalue weighted by atomic mass is 10.2. The van der Waals surface area contributed by atoms with Crippen LogP contribution in [0.15, 0.2) is 5.10 Å². The molecule has 1 aromatic rings. The van der Waals surface area contributed by atoms with Crippen molar-refractivity contribution in [1.82, 2.24) is 20.5 Å². The first-order valence-electron chi connectivity index (χ1n) is 7.86. The highest BCUT2D eigenvalue weighted by atomic mass is 35.5. The molecule has 0 bridgehead atoms. The number of unbranched alkanes of at least 4 members (excludes halogenated alkanes) is 1. The first-order chi connectivity index (χ1) is 11.3. The van der Waals surface area contributed by atoms with Gasteiger partial charge in [-0.05, 0) is 32.0 Å². The zero-order valence-electron chi connectivity index (χ0n) is 13.7. The van der Waals surface area contributed by atoms with E-state index in [1.165, 1.54) is 0 Å². The molecule has 0 aromatic carbocycles. The number of aryl methyl sites for hydroxylation is 1. The zero-order valence-corrected chi connectivity index (χ0v) is 16.1. The Labute approximate surface area is 152 Å². The van der Waals surface area contributed by atoms with Gasteiger partial charge in [0, 0.05) is 6.54 Å². The predicted octanol–water partition coefficient (Wildman–Crippen LogP) is 1.80. The molecule has 0 unspecified atom stereocenters. The van der Waals surface area contributed by atoms with Crippen LogP contribution in [-0.2, 0) is 9.84 Å². The van der Waals surface area contributed by atoms with Crippen molar-refractivity contribution in [2.75, 3.05) is 18.1 Å². The summed E-state index contributed by atoms with van der Waals surface area (Å²) < 4.78 is 24.8. The van der Waals surface area contributed by atoms with E-state index in [1.807, 2.05) is 6.92 Å². The quantitative estimate of drug-likeness (QED) is 0.333. The fourth-order valence-corrected chi connectivity index (χ4v) is 4.67. The number of sulfone groups is 1. The van der Waals surface area contributed by atoms with Crippen LogP contribution in [0.4, 0.5) is 0 Å². The number of rotatable bonds is 6. The topological polar surface area (TPSA) is 88.4 Å². The van der Waals surface area contributed by atoms with E-state index in [2.05, 4.69) is 27.9 Å². The molecule has 2 heterocycles. The van der Waals surface area contributed by atoms with Crippen molar-refractivity contribution in [3.05, 3.63) is 16.4 Å². The molecule has 0 saturated carbocycles. The van der Waals surface area contributed by atoms with E-state index in [0.29, 0.717) is 27.9 Å². The molecule has 1 saturated heterocycles. The van der Waals surface area contributed by atoms with E-state index < -0.39 is 9.84 Å². The number of halogens is 1. The van der Waals surface area contributed by atoms with Crippen LogP contribution in [0.2, 0.25) is 5.15 Å². The average molecular weight is 392 g/mol. The molecule has 1 aliphatic heterocycles. The second kappa shape index (κ2) is 8.26. The molecular weight excluding hydrogens is 370 g/mol. The molecule has 1 aliphatic rings. The Balaban J connectivity index is 2.01. The largest absolute Gasteiger partial charge is 0.361 e. The van der Waals surface area contributed by atoms with Crippen molar-refractivity contribution in [2.24, 2.45) is 5.10 Å². The van der Waals surface area contributed by atoms with Gasteiger partial charge in [-0.15, -0.1) is 0 Å². The average Bonchev–Trinajstić information content (AvgIpc) is 3.01. The van der Waals surface area contributed by atoms with Gasteiger partial charge in [-0.25, -0.2) is 13.1 Å². The van der Waals surface area contributed by atoms with Crippen LogP contribution in [0.3, 0.4) is 0 Å². The van der Waals surface area contributed by atoms with Gasteiger partial charge in [0.05, 0.1) is 35.0 Å². The smallest absolute Gasteiger partial charge is 0.186 e. The van der Waals surface area contributed by atoms with Gasteiger partial charge in [0.25, 0.3) is 0 Å². The van der Waals surface area contributed by atoms with Crippen LogP contribution < -0.4 is 10.7 Å². The van der Waals surface area contributed by atoms with Gasteiger partial charge >= 0.3 is 0 Å². The molecule has 10 heteroatoms. The van der Waals surface area contributed by atoms with Gasteiger partial charge < -0.3 is 5.32 Å². The Morgan fingerprint density at radius 3 is 2.96 bits per heavy atom. The highest BCUT2D eigenvalue weighted by Crippen LogP contribution is 2.29. The lowest BCUT2D eigenvalue weighted by Gasteiger charge is -2.09. The highest BCUT2D eigenvalue weighted by molar-refractivity contribution is 7.91. The molecular formula is C14H22ClN5O2S2. The molecule has 0 aliphatic carbocycles. The maximum absolute atomic E-state index is 11.6. The van der Waals surface area contributed by atoms with Crippen molar-refractivity contribution in [3.63, 3.8) is 0 Å². The number of hydrogen-bond donors (Lipinski definition) is 2. The van der Waals surface area contributed by atoms with Crippen LogP contribution in [-0.4, -0.2) is 47.6 Å². The van der Waals surface area contributed by atoms with Gasteiger partial charge in [0.2, 0.25) is 0 Å². The van der Waals surface area contributed by atoms with Crippen molar-refractivity contribution < 1.29 is 8.42 Å². The van der Waals surface area contributed by atoms with Gasteiger partial charge in [-0.1, -0.05) is 24.9 Å². The molecule has 24 heavy (non-hydrogen) atoms. The molecule has 7 nitrogen and oxygen atoms in total. The zero-order chi connectivity index (χ0) is 17.7. The van der Waals surface area contributed by atoms with Crippen LogP contribution >= 0.6 is 23.8 Å². The van der Waals surface area contributed by atoms with E-state index >= 15 is 0 Å². The van der Waals surface area contributed by atoms with Gasteiger partial charge in [-0.3, -0.25) is 5.43 Å². The summed E-state index contributed by atoms with van der Waals surface area (Å²) >= 11 is 11.5. The van der Waals surface area contributed by atoms with Gasteiger partial charge in [0.1, 0.15) is 5.15 Å². The summed E-state index contributed by atoms with van der Waals surface area (Å²) in [6.45, 7) is 4.71. The minimum Gasteiger partial charge on any atom is -0.361 e. The number of hydrogen-bond acceptors (Lipinski definition) is 5. The van der Waals surface area contributed by atoms with Crippen molar-refractivity contribution in [2.45, 2.75) is 39.2 Å². The van der Waals surface area contributed by atoms with E-state index in [-0.39, 0.29) is 17.5 Å². The fourth-order valence-electron chi connectivity index (χ4n) is 2.46. The summed E-state index contributed by atoms with van der Waals surface area (Å²) in [7, 11) is -2.99. The third kappa shape index (κ3) is 4.90. The van der Waals surface area contributed by atoms with Crippen molar-refractivity contribution in [1.29, 1.82) is 0 Å². The van der Waals surface area contributed by atoms with Crippen LogP contribution in [0.5, 0.6) is 0 Å². The normalized spacial score (nSPS) is 19.7. The Morgan fingerprint density at radius 2 is 2.33 bits per heavy atom. The Bertz CT molecular complexity index is 730. The van der Waals surface area contributed by atoms with Crippen LogP contribution in [0.25, 0.3) is 0 Å². The van der Waals surface area contributed by atoms with E-state index in [1.54, 1.807) is 10.9 Å². The number of aromatic nitrogens is 2. The van der Waals surface area contributed by atoms with Crippen LogP contribution in [0.1, 0.15) is 43.5 Å². The fraction of sp³-hybridized carbons (Fsp3) is 0.643. The van der Waals surface area contributed by atoms with Crippen molar-refractivity contribution >= 4 is 45.0 Å². The summed E-state index contributed by atoms with van der Waals surface area (Å²) in [5.74, 6) is 0.254. The molecule has 1 fully saturated rings. The number of hydrazone groups is 1. The molecule has 0 radical (unpaired) electrons. The first kappa shape index (κ1) is 19.1. The third-order valence-electron chi connectivity index (χ3n) is 3.80. The Morgan fingerprint density at radius 1 is 1.58 bits per heavy atom. The third-order valence-corrected chi connectivity index (χ3v) is 6.16. The van der Waals surface area contributed by atoms with Gasteiger partial charge in [-0.2, -0.15) is 10.2 Å². The maximum Gasteiger partial charge on any atom is 0.186 e. The van der Waals surface area contributed by atoms with E-state index in [0.717, 1.165) is 19.4 Å². The minimum absolute atomic E-state index is 0.0775. The molecule has 0 spiro atoms. The second-order valence-electron chi connectivity index (χ2n) is 5.77. The SMILES string of the molecule is CCCCNC(=S)N/N=C\c1c(C)nn([C@@H]2CCS(=O)(=O)C2)c1Cl. The molecule has 2 rings (SSSR count). The second-order valence-corrected chi connectivity index (χ2v) is 8.77. The number of nitrogens with one attached hydrogen (secondary N) is 2. The first-order valence-corrected chi connectivity index (χ1v) is 10.5. The monoisotopic (exact) mass is 391 g/mol. The number of nitrogens with zero attached hydrogens (tertiary/aromatic N) is 3. The minimum atomic E-state index is -2.99. The van der Waals surface area contributed by atoms with Gasteiger partial charge in [0.15, 0.2) is 14.9 Å². The summed E-state index contributed by atoms with van der Waals surface area (Å²) in [6.07, 6.45) is 4.21. The molecule has 1 aromatic heterocycles. The Kier molecular flexibility index (Phi) is 6.59. The van der Waals surface area contributed by atoms with Crippen molar-refractivity contribution in [3.8, 4) is 0 Å². The highest BCUT2D eigenvalue weighted by Gasteiger charge is 2.31. The molecule has 1 atom stereocenters. The van der Waals surface area contributed by atoms with E-state index in [4.69, 9.17) is 23.8 Å². The molecule has 2 N–H and O–H groups in total. The Hall–Kier alpha value is -1.19. The summed E-state index contributed by atoms with van der Waals surface area (Å²) in [5, 5.41) is 12.3. The summed E-state index contributed by atoms with van der Waals surface area (Å²) in [6, 6.07) is -0.215. The predicted molar refractivity (Wildman–Crippen MR) is 101 cm³/mol. The lowest BCUT2D eigenvalue weighted by molar-refractivity contribution is 0.497. The maximum atomic E-state index is 11.6. The van der Waals surface area contributed by atoms with E-state index in [9.17, 15) is 8.42 Å². The van der Waals surface area contributed by atoms with Crippen LogP contribution in [0, 0.1) is 6.92 Å².